The minimum atomic E-state index is -4.12. The summed E-state index contributed by atoms with van der Waals surface area (Å²) in [6.45, 7) is 2.01. The molecule has 3 N–H and O–H groups in total. The lowest BCUT2D eigenvalue weighted by Crippen LogP contribution is -2.19. The van der Waals surface area contributed by atoms with Crippen molar-refractivity contribution in [3.8, 4) is 5.82 Å². The van der Waals surface area contributed by atoms with Gasteiger partial charge in [0.2, 0.25) is 15.9 Å². The Kier molecular flexibility index (Phi) is 5.78. The van der Waals surface area contributed by atoms with E-state index >= 15 is 0 Å². The number of amides is 1. The molecule has 1 amide bonds. The summed E-state index contributed by atoms with van der Waals surface area (Å²) in [4.78, 5) is 16.2. The predicted molar refractivity (Wildman–Crippen MR) is 106 cm³/mol. The van der Waals surface area contributed by atoms with Crippen molar-refractivity contribution in [3.05, 3.63) is 65.1 Å². The van der Waals surface area contributed by atoms with Gasteiger partial charge in [0.1, 0.15) is 4.90 Å². The lowest BCUT2D eigenvalue weighted by Gasteiger charge is -2.11. The van der Waals surface area contributed by atoms with E-state index in [0.717, 1.165) is 17.5 Å². The second-order valence-electron chi connectivity index (χ2n) is 6.04. The van der Waals surface area contributed by atoms with Gasteiger partial charge in [-0.05, 0) is 23.6 Å². The fourth-order valence-corrected chi connectivity index (χ4v) is 3.58. The topological polar surface area (TPSA) is 120 Å². The maximum atomic E-state index is 12.4. The molecule has 0 aliphatic rings. The predicted octanol–water partition coefficient (Wildman–Crippen LogP) is 2.31. The number of sulfonamides is 1. The van der Waals surface area contributed by atoms with Gasteiger partial charge in [-0.15, -0.1) is 0 Å². The Morgan fingerprint density at radius 1 is 1.25 bits per heavy atom. The number of pyridine rings is 1. The molecule has 10 heteroatoms. The molecule has 3 rings (SSSR count). The average molecular weight is 420 g/mol. The maximum Gasteiger partial charge on any atom is 0.241 e. The molecule has 0 unspecified atom stereocenters. The van der Waals surface area contributed by atoms with Crippen molar-refractivity contribution >= 4 is 33.2 Å². The molecule has 0 aliphatic heterocycles. The highest BCUT2D eigenvalue weighted by atomic mass is 35.5. The van der Waals surface area contributed by atoms with Crippen molar-refractivity contribution in [2.75, 3.05) is 5.32 Å². The van der Waals surface area contributed by atoms with Crippen LogP contribution in [0, 0.1) is 0 Å². The van der Waals surface area contributed by atoms with Crippen molar-refractivity contribution in [2.24, 2.45) is 5.14 Å². The first-order valence-electron chi connectivity index (χ1n) is 8.38. The second kappa shape index (κ2) is 8.09. The third-order valence-corrected chi connectivity index (χ3v) is 5.15. The minimum Gasteiger partial charge on any atom is -0.324 e. The van der Waals surface area contributed by atoms with Crippen LogP contribution >= 0.6 is 11.6 Å². The van der Waals surface area contributed by atoms with Gasteiger partial charge in [0, 0.05) is 0 Å². The molecule has 0 bridgehead atoms. The van der Waals surface area contributed by atoms with Crippen LogP contribution in [-0.4, -0.2) is 29.1 Å². The van der Waals surface area contributed by atoms with E-state index in [1.165, 1.54) is 29.3 Å². The summed E-state index contributed by atoms with van der Waals surface area (Å²) in [6.07, 6.45) is 5.05. The number of hydrogen-bond donors (Lipinski definition) is 2. The van der Waals surface area contributed by atoms with E-state index in [1.54, 1.807) is 0 Å². The van der Waals surface area contributed by atoms with Gasteiger partial charge >= 0.3 is 0 Å². The highest BCUT2D eigenvalue weighted by Gasteiger charge is 2.19. The lowest BCUT2D eigenvalue weighted by atomic mass is 10.0. The summed E-state index contributed by atoms with van der Waals surface area (Å²) >= 11 is 5.83. The van der Waals surface area contributed by atoms with Gasteiger partial charge < -0.3 is 5.32 Å². The molecule has 3 aromatic rings. The van der Waals surface area contributed by atoms with Crippen LogP contribution in [0.2, 0.25) is 5.02 Å². The summed E-state index contributed by atoms with van der Waals surface area (Å²) in [6, 6.07) is 8.89. The van der Waals surface area contributed by atoms with Crippen LogP contribution < -0.4 is 10.5 Å². The molecular weight excluding hydrogens is 402 g/mol. The van der Waals surface area contributed by atoms with Crippen LogP contribution in [0.25, 0.3) is 5.82 Å². The number of halogens is 1. The van der Waals surface area contributed by atoms with Crippen LogP contribution in [0.4, 0.5) is 5.69 Å². The number of primary sulfonamides is 1. The molecule has 0 fully saturated rings. The number of anilines is 1. The molecule has 2 heterocycles. The first-order valence-corrected chi connectivity index (χ1v) is 10.3. The highest BCUT2D eigenvalue weighted by Crippen LogP contribution is 2.22. The summed E-state index contributed by atoms with van der Waals surface area (Å²) in [5.74, 6) is -0.304. The monoisotopic (exact) mass is 419 g/mol. The van der Waals surface area contributed by atoms with E-state index in [4.69, 9.17) is 16.7 Å². The normalized spacial score (nSPS) is 11.4. The van der Waals surface area contributed by atoms with E-state index in [2.05, 4.69) is 15.4 Å². The van der Waals surface area contributed by atoms with Crippen LogP contribution in [0.5, 0.6) is 0 Å². The van der Waals surface area contributed by atoms with E-state index in [-0.39, 0.29) is 28.7 Å². The number of nitrogens with one attached hydrogen (secondary N) is 1. The first-order chi connectivity index (χ1) is 13.3. The van der Waals surface area contributed by atoms with Crippen molar-refractivity contribution in [1.29, 1.82) is 0 Å². The van der Waals surface area contributed by atoms with E-state index < -0.39 is 10.0 Å². The molecule has 0 saturated heterocycles. The maximum absolute atomic E-state index is 12.4. The molecule has 146 valence electrons. The molecule has 0 spiro atoms. The number of aromatic nitrogens is 3. The number of hydrogen-bond acceptors (Lipinski definition) is 5. The molecule has 28 heavy (non-hydrogen) atoms. The lowest BCUT2D eigenvalue weighted by molar-refractivity contribution is -0.115. The Hall–Kier alpha value is -2.75. The fourth-order valence-electron chi connectivity index (χ4n) is 2.76. The van der Waals surface area contributed by atoms with Crippen molar-refractivity contribution in [3.63, 3.8) is 0 Å². The van der Waals surface area contributed by atoms with Gasteiger partial charge in [-0.2, -0.15) is 5.10 Å². The second-order valence-corrected chi connectivity index (χ2v) is 8.01. The third-order valence-electron chi connectivity index (χ3n) is 4.04. The van der Waals surface area contributed by atoms with Gasteiger partial charge in [0.05, 0.1) is 35.7 Å². The van der Waals surface area contributed by atoms with Crippen LogP contribution in [-0.2, 0) is 27.7 Å². The van der Waals surface area contributed by atoms with Gasteiger partial charge in [-0.25, -0.2) is 23.2 Å². The third kappa shape index (κ3) is 4.56. The Morgan fingerprint density at radius 3 is 2.57 bits per heavy atom. The van der Waals surface area contributed by atoms with Gasteiger partial charge in [0.25, 0.3) is 0 Å². The van der Waals surface area contributed by atoms with Gasteiger partial charge in [0.15, 0.2) is 5.82 Å². The molecule has 0 atom stereocenters. The first kappa shape index (κ1) is 20.0. The highest BCUT2D eigenvalue weighted by molar-refractivity contribution is 7.89. The number of carbonyl (C=O) groups excluding carboxylic acids is 1. The summed E-state index contributed by atoms with van der Waals surface area (Å²) in [7, 11) is -4.12. The number of nitrogens with two attached hydrogens (primary N) is 1. The zero-order chi connectivity index (χ0) is 20.3. The number of rotatable bonds is 6. The Balaban J connectivity index is 1.88. The summed E-state index contributed by atoms with van der Waals surface area (Å²) < 4.78 is 25.2. The average Bonchev–Trinajstić information content (AvgIpc) is 3.07. The summed E-state index contributed by atoms with van der Waals surface area (Å²) in [5.41, 5.74) is 2.20. The fraction of sp³-hybridized carbons (Fsp3) is 0.167. The van der Waals surface area contributed by atoms with Gasteiger partial charge in [-0.3, -0.25) is 4.79 Å². The van der Waals surface area contributed by atoms with Crippen LogP contribution in [0.15, 0.2) is 53.8 Å². The molecule has 0 aliphatic carbocycles. The zero-order valence-electron chi connectivity index (χ0n) is 15.0. The number of carbonyl (C=O) groups is 1. The Morgan fingerprint density at radius 2 is 1.96 bits per heavy atom. The molecule has 1 aromatic carbocycles. The van der Waals surface area contributed by atoms with Crippen molar-refractivity contribution in [2.45, 2.75) is 24.7 Å². The number of benzene rings is 1. The van der Waals surface area contributed by atoms with Crippen molar-refractivity contribution < 1.29 is 13.2 Å². The largest absolute Gasteiger partial charge is 0.324 e. The summed E-state index contributed by atoms with van der Waals surface area (Å²) in [5, 5.41) is 12.2. The number of nitrogens with zero attached hydrogens (tertiary/aromatic N) is 3. The van der Waals surface area contributed by atoms with Crippen LogP contribution in [0.3, 0.4) is 0 Å². The van der Waals surface area contributed by atoms with Crippen LogP contribution in [0.1, 0.15) is 18.1 Å². The van der Waals surface area contributed by atoms with E-state index in [1.807, 2.05) is 31.2 Å². The molecular formula is C18H18ClN5O3S. The van der Waals surface area contributed by atoms with E-state index in [9.17, 15) is 13.2 Å². The standard InChI is InChI=1S/C18H18ClN5O3S/c1-2-12-5-3-4-6-13(12)7-17(25)23-15-8-16(28(20,26)27)18(21-10-15)24-11-14(19)9-22-24/h3-6,8-11H,2,7H2,1H3,(H,23,25)(H2,20,26,27). The van der Waals surface area contributed by atoms with E-state index in [0.29, 0.717) is 5.02 Å². The molecule has 8 nitrogen and oxygen atoms in total. The SMILES string of the molecule is CCc1ccccc1CC(=O)Nc1cnc(-n2cc(Cl)cn2)c(S(N)(=O)=O)c1. The van der Waals surface area contributed by atoms with Crippen molar-refractivity contribution in [1.82, 2.24) is 14.8 Å². The minimum absolute atomic E-state index is 0.0104. The molecule has 2 aromatic heterocycles. The Bertz CT molecular complexity index is 1130. The Labute approximate surface area is 167 Å². The molecule has 0 radical (unpaired) electrons. The quantitative estimate of drug-likeness (QED) is 0.635. The zero-order valence-corrected chi connectivity index (χ0v) is 16.5. The number of aryl methyl sites for hydroxylation is 1. The molecule has 0 saturated carbocycles. The smallest absolute Gasteiger partial charge is 0.241 e. The van der Waals surface area contributed by atoms with Gasteiger partial charge in [-0.1, -0.05) is 42.8 Å².